The Labute approximate surface area is 105 Å². The number of imidazole rings is 1. The van der Waals surface area contributed by atoms with E-state index in [0.29, 0.717) is 11.9 Å². The SMILES string of the molecule is CC(C)c1ccn(-c2nc3ccc(N)cc3[nH]2)n1. The van der Waals surface area contributed by atoms with Crippen molar-refractivity contribution in [2.75, 3.05) is 5.73 Å². The molecule has 5 nitrogen and oxygen atoms in total. The first kappa shape index (κ1) is 10.8. The van der Waals surface area contributed by atoms with E-state index < -0.39 is 0 Å². The molecule has 0 bridgehead atoms. The van der Waals surface area contributed by atoms with Crippen molar-refractivity contribution < 1.29 is 0 Å². The fourth-order valence-corrected chi connectivity index (χ4v) is 1.89. The van der Waals surface area contributed by atoms with Crippen molar-refractivity contribution in [3.63, 3.8) is 0 Å². The second kappa shape index (κ2) is 3.87. The lowest BCUT2D eigenvalue weighted by Crippen LogP contribution is -1.98. The van der Waals surface area contributed by atoms with Crippen molar-refractivity contribution in [1.29, 1.82) is 0 Å². The molecule has 3 rings (SSSR count). The molecule has 0 atom stereocenters. The predicted octanol–water partition coefficient (Wildman–Crippen LogP) is 2.45. The van der Waals surface area contributed by atoms with E-state index in [0.717, 1.165) is 22.4 Å². The molecule has 18 heavy (non-hydrogen) atoms. The molecule has 0 spiro atoms. The molecule has 5 heteroatoms. The first-order valence-electron chi connectivity index (χ1n) is 5.94. The quantitative estimate of drug-likeness (QED) is 0.677. The maximum atomic E-state index is 5.75. The van der Waals surface area contributed by atoms with Gasteiger partial charge >= 0.3 is 0 Å². The van der Waals surface area contributed by atoms with Crippen LogP contribution in [0, 0.1) is 0 Å². The predicted molar refractivity (Wildman–Crippen MR) is 71.7 cm³/mol. The van der Waals surface area contributed by atoms with E-state index in [-0.39, 0.29) is 0 Å². The number of hydrogen-bond acceptors (Lipinski definition) is 3. The number of hydrogen-bond donors (Lipinski definition) is 2. The van der Waals surface area contributed by atoms with Crippen LogP contribution in [0.2, 0.25) is 0 Å². The fraction of sp³-hybridized carbons (Fsp3) is 0.231. The number of H-pyrrole nitrogens is 1. The second-order valence-corrected chi connectivity index (χ2v) is 4.68. The van der Waals surface area contributed by atoms with Crippen molar-refractivity contribution >= 4 is 16.7 Å². The summed E-state index contributed by atoms with van der Waals surface area (Å²) in [6.07, 6.45) is 1.91. The Hall–Kier alpha value is -2.30. The number of anilines is 1. The lowest BCUT2D eigenvalue weighted by molar-refractivity contribution is 0.750. The average molecular weight is 241 g/mol. The van der Waals surface area contributed by atoms with Gasteiger partial charge in [0.1, 0.15) is 0 Å². The zero-order valence-corrected chi connectivity index (χ0v) is 10.4. The Morgan fingerprint density at radius 3 is 2.83 bits per heavy atom. The minimum atomic E-state index is 0.409. The second-order valence-electron chi connectivity index (χ2n) is 4.68. The maximum absolute atomic E-state index is 5.75. The van der Waals surface area contributed by atoms with Gasteiger partial charge in [0.05, 0.1) is 16.7 Å². The van der Waals surface area contributed by atoms with Crippen molar-refractivity contribution in [2.24, 2.45) is 0 Å². The van der Waals surface area contributed by atoms with Crippen LogP contribution < -0.4 is 5.73 Å². The largest absolute Gasteiger partial charge is 0.399 e. The first-order chi connectivity index (χ1) is 8.63. The van der Waals surface area contributed by atoms with Gasteiger partial charge in [0.15, 0.2) is 0 Å². The van der Waals surface area contributed by atoms with Crippen LogP contribution in [-0.2, 0) is 0 Å². The smallest absolute Gasteiger partial charge is 0.229 e. The highest BCUT2D eigenvalue weighted by Gasteiger charge is 2.08. The highest BCUT2D eigenvalue weighted by atomic mass is 15.3. The summed E-state index contributed by atoms with van der Waals surface area (Å²) in [5.74, 6) is 1.12. The Morgan fingerprint density at radius 1 is 1.28 bits per heavy atom. The molecule has 0 aliphatic carbocycles. The van der Waals surface area contributed by atoms with Crippen molar-refractivity contribution in [2.45, 2.75) is 19.8 Å². The van der Waals surface area contributed by atoms with E-state index in [2.05, 4.69) is 28.9 Å². The van der Waals surface area contributed by atoms with Gasteiger partial charge in [-0.05, 0) is 30.2 Å². The van der Waals surface area contributed by atoms with Gasteiger partial charge in [-0.1, -0.05) is 13.8 Å². The van der Waals surface area contributed by atoms with E-state index in [4.69, 9.17) is 5.73 Å². The van der Waals surface area contributed by atoms with Gasteiger partial charge in [-0.3, -0.25) is 0 Å². The molecule has 0 radical (unpaired) electrons. The van der Waals surface area contributed by atoms with Crippen LogP contribution in [0.25, 0.3) is 17.0 Å². The van der Waals surface area contributed by atoms with Gasteiger partial charge < -0.3 is 10.7 Å². The molecule has 0 aliphatic heterocycles. The summed E-state index contributed by atoms with van der Waals surface area (Å²) in [5.41, 5.74) is 9.33. The van der Waals surface area contributed by atoms with E-state index in [1.165, 1.54) is 0 Å². The van der Waals surface area contributed by atoms with Crippen LogP contribution in [-0.4, -0.2) is 19.7 Å². The molecular formula is C13H15N5. The first-order valence-corrected chi connectivity index (χ1v) is 5.94. The number of nitrogen functional groups attached to an aromatic ring is 1. The van der Waals surface area contributed by atoms with Crippen LogP contribution >= 0.6 is 0 Å². The highest BCUT2D eigenvalue weighted by Crippen LogP contribution is 2.18. The van der Waals surface area contributed by atoms with E-state index >= 15 is 0 Å². The minimum Gasteiger partial charge on any atom is -0.399 e. The standard InChI is InChI=1S/C13H15N5/c1-8(2)10-5-6-18(17-10)13-15-11-4-3-9(14)7-12(11)16-13/h3-8H,14H2,1-2H3,(H,15,16). The number of aromatic nitrogens is 4. The van der Waals surface area contributed by atoms with Gasteiger partial charge in [-0.2, -0.15) is 5.10 Å². The molecule has 3 aromatic rings. The molecule has 0 unspecified atom stereocenters. The van der Waals surface area contributed by atoms with Crippen molar-refractivity contribution in [3.8, 4) is 5.95 Å². The molecule has 2 heterocycles. The summed E-state index contributed by atoms with van der Waals surface area (Å²) >= 11 is 0. The molecule has 0 amide bonds. The summed E-state index contributed by atoms with van der Waals surface area (Å²) < 4.78 is 1.76. The lowest BCUT2D eigenvalue weighted by atomic mass is 10.1. The summed E-state index contributed by atoms with van der Waals surface area (Å²) in [6, 6.07) is 7.62. The number of aromatic amines is 1. The number of nitrogens with two attached hydrogens (primary N) is 1. The van der Waals surface area contributed by atoms with Gasteiger partial charge in [-0.25, -0.2) is 9.67 Å². The highest BCUT2D eigenvalue weighted by molar-refractivity contribution is 5.79. The number of benzene rings is 1. The molecule has 1 aromatic carbocycles. The average Bonchev–Trinajstić information content (AvgIpc) is 2.93. The fourth-order valence-electron chi connectivity index (χ4n) is 1.89. The van der Waals surface area contributed by atoms with Crippen LogP contribution in [0.5, 0.6) is 0 Å². The van der Waals surface area contributed by atoms with Crippen LogP contribution in [0.15, 0.2) is 30.5 Å². The van der Waals surface area contributed by atoms with Gasteiger partial charge in [0.25, 0.3) is 0 Å². The molecule has 0 saturated carbocycles. The third-order valence-corrected chi connectivity index (χ3v) is 2.91. The van der Waals surface area contributed by atoms with Gasteiger partial charge in [-0.15, -0.1) is 0 Å². The van der Waals surface area contributed by atoms with Gasteiger partial charge in [0, 0.05) is 11.9 Å². The normalized spacial score (nSPS) is 11.5. The molecule has 3 N–H and O–H groups in total. The van der Waals surface area contributed by atoms with E-state index in [9.17, 15) is 0 Å². The molecule has 0 fully saturated rings. The lowest BCUT2D eigenvalue weighted by Gasteiger charge is -1.98. The molecule has 0 saturated heterocycles. The third kappa shape index (κ3) is 1.73. The number of nitrogens with one attached hydrogen (secondary N) is 1. The zero-order valence-electron chi connectivity index (χ0n) is 10.4. The monoisotopic (exact) mass is 241 g/mol. The Balaban J connectivity index is 2.07. The number of nitrogens with zero attached hydrogens (tertiary/aromatic N) is 3. The summed E-state index contributed by atoms with van der Waals surface area (Å²) in [5, 5.41) is 4.49. The summed E-state index contributed by atoms with van der Waals surface area (Å²) in [7, 11) is 0. The van der Waals surface area contributed by atoms with Crippen LogP contribution in [0.1, 0.15) is 25.5 Å². The number of fused-ring (bicyclic) bond motifs is 1. The molecule has 92 valence electrons. The van der Waals surface area contributed by atoms with Crippen LogP contribution in [0.4, 0.5) is 5.69 Å². The van der Waals surface area contributed by atoms with Gasteiger partial charge in [0.2, 0.25) is 5.95 Å². The van der Waals surface area contributed by atoms with Crippen LogP contribution in [0.3, 0.4) is 0 Å². The minimum absolute atomic E-state index is 0.409. The number of rotatable bonds is 2. The van der Waals surface area contributed by atoms with Crippen molar-refractivity contribution in [1.82, 2.24) is 19.7 Å². The Kier molecular flexibility index (Phi) is 2.33. The van der Waals surface area contributed by atoms with Crippen molar-refractivity contribution in [3.05, 3.63) is 36.2 Å². The topological polar surface area (TPSA) is 72.5 Å². The zero-order chi connectivity index (χ0) is 12.7. The molecule has 0 aliphatic rings. The maximum Gasteiger partial charge on any atom is 0.229 e. The Bertz CT molecular complexity index is 692. The molecule has 2 aromatic heterocycles. The van der Waals surface area contributed by atoms with E-state index in [1.807, 2.05) is 30.5 Å². The van der Waals surface area contributed by atoms with E-state index in [1.54, 1.807) is 4.68 Å². The molecular weight excluding hydrogens is 226 g/mol. The third-order valence-electron chi connectivity index (χ3n) is 2.91. The Morgan fingerprint density at radius 2 is 2.11 bits per heavy atom. The summed E-state index contributed by atoms with van der Waals surface area (Å²) in [6.45, 7) is 4.23. The summed E-state index contributed by atoms with van der Waals surface area (Å²) in [4.78, 5) is 7.70.